The zero-order chi connectivity index (χ0) is 15.5. The first kappa shape index (κ1) is 16.3. The van der Waals surface area contributed by atoms with Crippen LogP contribution in [0.3, 0.4) is 0 Å². The number of hydrogen-bond acceptors (Lipinski definition) is 3. The molecule has 2 atom stereocenters. The number of primary amides is 1. The molecule has 0 spiro atoms. The number of nitrogens with one attached hydrogen (secondary N) is 1. The van der Waals surface area contributed by atoms with E-state index in [0.717, 1.165) is 0 Å². The maximum absolute atomic E-state index is 12.1. The van der Waals surface area contributed by atoms with Crippen molar-refractivity contribution in [2.75, 3.05) is 13.1 Å². The topological polar surface area (TPSA) is 113 Å². The largest absolute Gasteiger partial charge is 0.481 e. The van der Waals surface area contributed by atoms with E-state index < -0.39 is 23.3 Å². The van der Waals surface area contributed by atoms with E-state index in [0.29, 0.717) is 13.0 Å². The molecule has 3 amide bonds. The Morgan fingerprint density at radius 3 is 2.40 bits per heavy atom. The van der Waals surface area contributed by atoms with Crippen molar-refractivity contribution in [2.24, 2.45) is 17.1 Å². The molecule has 1 aliphatic rings. The summed E-state index contributed by atoms with van der Waals surface area (Å²) in [5.41, 5.74) is 4.64. The molecule has 0 aliphatic carbocycles. The van der Waals surface area contributed by atoms with Crippen molar-refractivity contribution in [1.29, 1.82) is 0 Å². The molecule has 0 aromatic rings. The second-order valence-electron chi connectivity index (χ2n) is 5.99. The Bertz CT molecular complexity index is 410. The summed E-state index contributed by atoms with van der Waals surface area (Å²) < 4.78 is 0. The standard InChI is InChI=1S/C13H23N3O4/c1-8(2)9(6-10(17)18)15-12(20)16-5-4-13(3,7-16)11(14)19/h8-9H,4-7H2,1-3H3,(H2,14,19)(H,15,20)(H,17,18). The van der Waals surface area contributed by atoms with Crippen molar-refractivity contribution in [3.63, 3.8) is 0 Å². The van der Waals surface area contributed by atoms with E-state index in [4.69, 9.17) is 10.8 Å². The van der Waals surface area contributed by atoms with Crippen LogP contribution in [0.15, 0.2) is 0 Å². The van der Waals surface area contributed by atoms with Gasteiger partial charge in [0.2, 0.25) is 5.91 Å². The summed E-state index contributed by atoms with van der Waals surface area (Å²) in [6, 6.07) is -0.768. The molecule has 2 unspecified atom stereocenters. The molecule has 20 heavy (non-hydrogen) atoms. The van der Waals surface area contributed by atoms with Gasteiger partial charge in [-0.1, -0.05) is 13.8 Å². The highest BCUT2D eigenvalue weighted by molar-refractivity contribution is 5.83. The number of carboxylic acids is 1. The Balaban J connectivity index is 2.63. The molecular weight excluding hydrogens is 262 g/mol. The Morgan fingerprint density at radius 1 is 1.40 bits per heavy atom. The SMILES string of the molecule is CC(C)C(CC(=O)O)NC(=O)N1CCC(C)(C(N)=O)C1. The Hall–Kier alpha value is -1.79. The minimum atomic E-state index is -0.951. The van der Waals surface area contributed by atoms with Crippen LogP contribution < -0.4 is 11.1 Å². The Labute approximate surface area is 118 Å². The van der Waals surface area contributed by atoms with Crippen LogP contribution in [0.25, 0.3) is 0 Å². The van der Waals surface area contributed by atoms with Crippen LogP contribution in [0.1, 0.15) is 33.6 Å². The van der Waals surface area contributed by atoms with Gasteiger partial charge in [-0.15, -0.1) is 0 Å². The number of amides is 3. The third-order valence-corrected chi connectivity index (χ3v) is 3.86. The van der Waals surface area contributed by atoms with Crippen LogP contribution >= 0.6 is 0 Å². The van der Waals surface area contributed by atoms with E-state index >= 15 is 0 Å². The minimum absolute atomic E-state index is 0.0141. The first-order valence-electron chi connectivity index (χ1n) is 6.73. The van der Waals surface area contributed by atoms with Crippen molar-refractivity contribution in [2.45, 2.75) is 39.7 Å². The number of aliphatic carboxylic acids is 1. The van der Waals surface area contributed by atoms with Crippen molar-refractivity contribution in [3.05, 3.63) is 0 Å². The lowest BCUT2D eigenvalue weighted by atomic mass is 9.89. The quantitative estimate of drug-likeness (QED) is 0.678. The van der Waals surface area contributed by atoms with Gasteiger partial charge in [-0.25, -0.2) is 4.79 Å². The van der Waals surface area contributed by atoms with Crippen molar-refractivity contribution < 1.29 is 19.5 Å². The van der Waals surface area contributed by atoms with Gasteiger partial charge in [0.15, 0.2) is 0 Å². The third kappa shape index (κ3) is 3.85. The van der Waals surface area contributed by atoms with Gasteiger partial charge in [0.1, 0.15) is 0 Å². The number of nitrogens with zero attached hydrogens (tertiary/aromatic N) is 1. The monoisotopic (exact) mass is 285 g/mol. The average Bonchev–Trinajstić information content (AvgIpc) is 2.71. The fraction of sp³-hybridized carbons (Fsp3) is 0.769. The first-order chi connectivity index (χ1) is 9.15. The van der Waals surface area contributed by atoms with Crippen molar-refractivity contribution in [3.8, 4) is 0 Å². The average molecular weight is 285 g/mol. The molecule has 0 aromatic heterocycles. The molecule has 0 radical (unpaired) electrons. The number of carboxylic acid groups (broad SMARTS) is 1. The smallest absolute Gasteiger partial charge is 0.317 e. The lowest BCUT2D eigenvalue weighted by Gasteiger charge is -2.26. The summed E-state index contributed by atoms with van der Waals surface area (Å²) in [7, 11) is 0. The number of nitrogens with two attached hydrogens (primary N) is 1. The van der Waals surface area contributed by atoms with E-state index in [-0.39, 0.29) is 24.9 Å². The predicted molar refractivity (Wildman–Crippen MR) is 72.9 cm³/mol. The summed E-state index contributed by atoms with van der Waals surface area (Å²) in [5, 5.41) is 11.6. The number of likely N-dealkylation sites (tertiary alicyclic amines) is 1. The van der Waals surface area contributed by atoms with E-state index in [9.17, 15) is 14.4 Å². The maximum Gasteiger partial charge on any atom is 0.317 e. The Kier molecular flexibility index (Phi) is 4.97. The summed E-state index contributed by atoms with van der Waals surface area (Å²) in [6.07, 6.45) is 0.408. The predicted octanol–water partition coefficient (Wildman–Crippen LogP) is 0.393. The van der Waals surface area contributed by atoms with Gasteiger partial charge in [0.05, 0.1) is 11.8 Å². The van der Waals surface area contributed by atoms with Crippen molar-refractivity contribution in [1.82, 2.24) is 10.2 Å². The molecule has 1 heterocycles. The van der Waals surface area contributed by atoms with E-state index in [1.165, 1.54) is 4.90 Å². The first-order valence-corrected chi connectivity index (χ1v) is 6.73. The summed E-state index contributed by atoms with van der Waals surface area (Å²) in [6.45, 7) is 6.16. The van der Waals surface area contributed by atoms with Crippen LogP contribution in [0.2, 0.25) is 0 Å². The van der Waals surface area contributed by atoms with Crippen molar-refractivity contribution >= 4 is 17.9 Å². The van der Waals surface area contributed by atoms with Gasteiger partial charge in [0.25, 0.3) is 0 Å². The molecule has 7 nitrogen and oxygen atoms in total. The van der Waals surface area contributed by atoms with Gasteiger partial charge >= 0.3 is 12.0 Å². The summed E-state index contributed by atoms with van der Waals surface area (Å²) >= 11 is 0. The van der Waals surface area contributed by atoms with Crippen LogP contribution in [0.4, 0.5) is 4.79 Å². The molecule has 1 fully saturated rings. The van der Waals surface area contributed by atoms with Crippen LogP contribution in [-0.4, -0.2) is 47.0 Å². The molecular formula is C13H23N3O4. The highest BCUT2D eigenvalue weighted by Crippen LogP contribution is 2.29. The molecule has 1 saturated heterocycles. The van der Waals surface area contributed by atoms with Crippen LogP contribution in [0, 0.1) is 11.3 Å². The molecule has 0 aromatic carbocycles. The molecule has 4 N–H and O–H groups in total. The minimum Gasteiger partial charge on any atom is -0.481 e. The highest BCUT2D eigenvalue weighted by atomic mass is 16.4. The number of rotatable bonds is 5. The van der Waals surface area contributed by atoms with E-state index in [1.807, 2.05) is 13.8 Å². The van der Waals surface area contributed by atoms with Crippen LogP contribution in [-0.2, 0) is 9.59 Å². The van der Waals surface area contributed by atoms with Gasteiger partial charge in [-0.05, 0) is 19.3 Å². The molecule has 114 valence electrons. The van der Waals surface area contributed by atoms with E-state index in [1.54, 1.807) is 6.92 Å². The van der Waals surface area contributed by atoms with Gasteiger partial charge in [-0.2, -0.15) is 0 Å². The molecule has 1 rings (SSSR count). The van der Waals surface area contributed by atoms with E-state index in [2.05, 4.69) is 5.32 Å². The van der Waals surface area contributed by atoms with Crippen LogP contribution in [0.5, 0.6) is 0 Å². The number of carbonyl (C=O) groups is 3. The molecule has 1 aliphatic heterocycles. The molecule has 7 heteroatoms. The third-order valence-electron chi connectivity index (χ3n) is 3.86. The maximum atomic E-state index is 12.1. The van der Waals surface area contributed by atoms with Gasteiger partial charge < -0.3 is 21.1 Å². The fourth-order valence-corrected chi connectivity index (χ4v) is 2.23. The van der Waals surface area contributed by atoms with Gasteiger partial charge in [0, 0.05) is 19.1 Å². The Morgan fingerprint density at radius 2 is 2.00 bits per heavy atom. The fourth-order valence-electron chi connectivity index (χ4n) is 2.23. The zero-order valence-electron chi connectivity index (χ0n) is 12.2. The number of urea groups is 1. The molecule has 0 saturated carbocycles. The molecule has 0 bridgehead atoms. The lowest BCUT2D eigenvalue weighted by molar-refractivity contribution is -0.137. The number of hydrogen-bond donors (Lipinski definition) is 3. The summed E-state index contributed by atoms with van der Waals surface area (Å²) in [5.74, 6) is -1.36. The summed E-state index contributed by atoms with van der Waals surface area (Å²) in [4.78, 5) is 35.8. The number of carbonyl (C=O) groups excluding carboxylic acids is 2. The lowest BCUT2D eigenvalue weighted by Crippen LogP contribution is -2.48. The normalized spacial score (nSPS) is 23.7. The van der Waals surface area contributed by atoms with Gasteiger partial charge in [-0.3, -0.25) is 9.59 Å². The second kappa shape index (κ2) is 6.11. The zero-order valence-corrected chi connectivity index (χ0v) is 12.2. The second-order valence-corrected chi connectivity index (χ2v) is 5.99. The highest BCUT2D eigenvalue weighted by Gasteiger charge is 2.41.